The minimum Gasteiger partial charge on any atom is -0.374 e. The van der Waals surface area contributed by atoms with Crippen molar-refractivity contribution in [3.63, 3.8) is 0 Å². The maximum atomic E-state index is 11.7. The van der Waals surface area contributed by atoms with E-state index in [4.69, 9.17) is 0 Å². The topological polar surface area (TPSA) is 70.2 Å². The molecule has 2 amide bonds. The van der Waals surface area contributed by atoms with E-state index in [0.29, 0.717) is 18.9 Å². The molecule has 1 aromatic carbocycles. The van der Waals surface area contributed by atoms with E-state index in [1.807, 2.05) is 24.3 Å². The van der Waals surface area contributed by atoms with Gasteiger partial charge in [0.25, 0.3) is 0 Å². The van der Waals surface area contributed by atoms with Crippen molar-refractivity contribution in [1.29, 1.82) is 0 Å². The Kier molecular flexibility index (Phi) is 4.96. The average Bonchev–Trinajstić information content (AvgIpc) is 2.42. The van der Waals surface area contributed by atoms with Gasteiger partial charge >= 0.3 is 0 Å². The molecule has 0 radical (unpaired) electrons. The molecule has 0 aromatic heterocycles. The first-order valence-electron chi connectivity index (χ1n) is 7.42. The standard InChI is InChI=1S/C16H23N3O2/c1-10(2)17-11(3)12-4-6-13(7-5-12)18-14-8-9-15(20)19-16(14)21/h4-7,10-11,14,17-18H,8-9H2,1-3H3,(H,19,20,21)/t11-,14?/m1/s1. The minimum absolute atomic E-state index is 0.193. The zero-order chi connectivity index (χ0) is 15.4. The van der Waals surface area contributed by atoms with Crippen LogP contribution in [0.1, 0.15) is 45.2 Å². The zero-order valence-corrected chi connectivity index (χ0v) is 12.8. The van der Waals surface area contributed by atoms with Crippen molar-refractivity contribution in [1.82, 2.24) is 10.6 Å². The van der Waals surface area contributed by atoms with Gasteiger partial charge in [0.1, 0.15) is 6.04 Å². The molecule has 0 spiro atoms. The number of hydrogen-bond donors (Lipinski definition) is 3. The second-order valence-electron chi connectivity index (χ2n) is 5.81. The van der Waals surface area contributed by atoms with Crippen molar-refractivity contribution < 1.29 is 9.59 Å². The fraction of sp³-hybridized carbons (Fsp3) is 0.500. The lowest BCUT2D eigenvalue weighted by molar-refractivity contribution is -0.133. The van der Waals surface area contributed by atoms with E-state index in [2.05, 4.69) is 36.7 Å². The average molecular weight is 289 g/mol. The predicted octanol–water partition coefficient (Wildman–Crippen LogP) is 1.96. The summed E-state index contributed by atoms with van der Waals surface area (Å²) in [7, 11) is 0. The molecule has 0 aliphatic carbocycles. The molecule has 3 N–H and O–H groups in total. The number of anilines is 1. The Morgan fingerprint density at radius 2 is 1.81 bits per heavy atom. The second-order valence-corrected chi connectivity index (χ2v) is 5.81. The third kappa shape index (κ3) is 4.29. The Morgan fingerprint density at radius 3 is 2.38 bits per heavy atom. The summed E-state index contributed by atoms with van der Waals surface area (Å²) in [4.78, 5) is 22.8. The second kappa shape index (κ2) is 6.72. The molecular weight excluding hydrogens is 266 g/mol. The fourth-order valence-corrected chi connectivity index (χ4v) is 2.50. The van der Waals surface area contributed by atoms with Crippen LogP contribution in [0.3, 0.4) is 0 Å². The van der Waals surface area contributed by atoms with Crippen LogP contribution in [-0.4, -0.2) is 23.9 Å². The summed E-state index contributed by atoms with van der Waals surface area (Å²) < 4.78 is 0. The van der Waals surface area contributed by atoms with Gasteiger partial charge in [-0.05, 0) is 31.0 Å². The Balaban J connectivity index is 1.96. The van der Waals surface area contributed by atoms with E-state index in [1.54, 1.807) is 0 Å². The summed E-state index contributed by atoms with van der Waals surface area (Å²) in [5.41, 5.74) is 2.10. The van der Waals surface area contributed by atoms with Crippen LogP contribution in [0.15, 0.2) is 24.3 Å². The molecule has 0 bridgehead atoms. The van der Waals surface area contributed by atoms with E-state index in [-0.39, 0.29) is 23.9 Å². The van der Waals surface area contributed by atoms with Crippen molar-refractivity contribution in [2.45, 2.75) is 51.7 Å². The Morgan fingerprint density at radius 1 is 1.14 bits per heavy atom. The number of amides is 2. The van der Waals surface area contributed by atoms with Gasteiger partial charge in [0.15, 0.2) is 0 Å². The van der Waals surface area contributed by atoms with Gasteiger partial charge in [0, 0.05) is 24.2 Å². The Labute approximate surface area is 125 Å². The van der Waals surface area contributed by atoms with Crippen LogP contribution >= 0.6 is 0 Å². The van der Waals surface area contributed by atoms with E-state index in [1.165, 1.54) is 5.56 Å². The minimum atomic E-state index is -0.334. The summed E-state index contributed by atoms with van der Waals surface area (Å²) in [6.07, 6.45) is 0.925. The van der Waals surface area contributed by atoms with Crippen molar-refractivity contribution in [3.05, 3.63) is 29.8 Å². The van der Waals surface area contributed by atoms with Crippen LogP contribution in [0.2, 0.25) is 0 Å². The molecule has 1 heterocycles. The highest BCUT2D eigenvalue weighted by Crippen LogP contribution is 2.18. The van der Waals surface area contributed by atoms with Crippen LogP contribution < -0.4 is 16.0 Å². The summed E-state index contributed by atoms with van der Waals surface area (Å²) in [6, 6.07) is 8.42. The highest BCUT2D eigenvalue weighted by molar-refractivity contribution is 6.01. The monoisotopic (exact) mass is 289 g/mol. The van der Waals surface area contributed by atoms with Gasteiger partial charge in [-0.15, -0.1) is 0 Å². The Hall–Kier alpha value is -1.88. The molecule has 1 aliphatic heterocycles. The normalized spacial score (nSPS) is 20.3. The van der Waals surface area contributed by atoms with Crippen molar-refractivity contribution in [3.8, 4) is 0 Å². The molecule has 1 aliphatic rings. The lowest BCUT2D eigenvalue weighted by Gasteiger charge is -2.23. The lowest BCUT2D eigenvalue weighted by Crippen LogP contribution is -2.47. The number of hydrogen-bond acceptors (Lipinski definition) is 4. The van der Waals surface area contributed by atoms with Gasteiger partial charge in [-0.1, -0.05) is 26.0 Å². The summed E-state index contributed by atoms with van der Waals surface area (Å²) in [6.45, 7) is 6.37. The van der Waals surface area contributed by atoms with E-state index >= 15 is 0 Å². The number of nitrogens with one attached hydrogen (secondary N) is 3. The predicted molar refractivity (Wildman–Crippen MR) is 82.9 cm³/mol. The van der Waals surface area contributed by atoms with Crippen LogP contribution in [-0.2, 0) is 9.59 Å². The summed E-state index contributed by atoms with van der Waals surface area (Å²) in [5, 5.41) is 8.97. The number of carbonyl (C=O) groups excluding carboxylic acids is 2. The molecule has 0 saturated carbocycles. The number of carbonyl (C=O) groups is 2. The highest BCUT2D eigenvalue weighted by atomic mass is 16.2. The third-order valence-electron chi connectivity index (χ3n) is 3.57. The molecule has 1 unspecified atom stereocenters. The van der Waals surface area contributed by atoms with Crippen molar-refractivity contribution in [2.75, 3.05) is 5.32 Å². The first kappa shape index (κ1) is 15.5. The maximum absolute atomic E-state index is 11.7. The molecule has 2 atom stereocenters. The molecule has 1 aromatic rings. The van der Waals surface area contributed by atoms with Gasteiger partial charge in [-0.25, -0.2) is 0 Å². The van der Waals surface area contributed by atoms with E-state index < -0.39 is 0 Å². The smallest absolute Gasteiger partial charge is 0.249 e. The third-order valence-corrected chi connectivity index (χ3v) is 3.57. The SMILES string of the molecule is CC(C)N[C@H](C)c1ccc(NC2CCC(=O)NC2=O)cc1. The number of rotatable bonds is 5. The number of imide groups is 1. The number of piperidine rings is 1. The Bertz CT molecular complexity index is 511. The zero-order valence-electron chi connectivity index (χ0n) is 12.8. The molecular formula is C16H23N3O2. The first-order valence-corrected chi connectivity index (χ1v) is 7.42. The van der Waals surface area contributed by atoms with Crippen molar-refractivity contribution in [2.24, 2.45) is 0 Å². The lowest BCUT2D eigenvalue weighted by atomic mass is 10.0. The van der Waals surface area contributed by atoms with Gasteiger partial charge < -0.3 is 10.6 Å². The molecule has 5 heteroatoms. The molecule has 2 rings (SSSR count). The molecule has 1 saturated heterocycles. The molecule has 5 nitrogen and oxygen atoms in total. The molecule has 1 fully saturated rings. The summed E-state index contributed by atoms with van der Waals surface area (Å²) in [5.74, 6) is -0.438. The quantitative estimate of drug-likeness (QED) is 0.725. The van der Waals surface area contributed by atoms with Gasteiger partial charge in [0.2, 0.25) is 11.8 Å². The molecule has 114 valence electrons. The largest absolute Gasteiger partial charge is 0.374 e. The highest BCUT2D eigenvalue weighted by Gasteiger charge is 2.26. The number of benzene rings is 1. The van der Waals surface area contributed by atoms with E-state index in [9.17, 15) is 9.59 Å². The maximum Gasteiger partial charge on any atom is 0.249 e. The van der Waals surface area contributed by atoms with E-state index in [0.717, 1.165) is 5.69 Å². The van der Waals surface area contributed by atoms with Crippen LogP contribution in [0.5, 0.6) is 0 Å². The van der Waals surface area contributed by atoms with Crippen LogP contribution in [0.4, 0.5) is 5.69 Å². The van der Waals surface area contributed by atoms with Crippen LogP contribution in [0.25, 0.3) is 0 Å². The van der Waals surface area contributed by atoms with Crippen LogP contribution in [0, 0.1) is 0 Å². The van der Waals surface area contributed by atoms with Gasteiger partial charge in [-0.2, -0.15) is 0 Å². The first-order chi connectivity index (χ1) is 9.95. The van der Waals surface area contributed by atoms with Gasteiger partial charge in [-0.3, -0.25) is 14.9 Å². The van der Waals surface area contributed by atoms with Gasteiger partial charge in [0.05, 0.1) is 0 Å². The molecule has 21 heavy (non-hydrogen) atoms. The fourth-order valence-electron chi connectivity index (χ4n) is 2.50. The van der Waals surface area contributed by atoms with Crippen molar-refractivity contribution >= 4 is 17.5 Å². The summed E-state index contributed by atoms with van der Waals surface area (Å²) >= 11 is 0.